The molecule has 0 bridgehead atoms. The van der Waals surface area contributed by atoms with E-state index in [-0.39, 0.29) is 11.8 Å². The van der Waals surface area contributed by atoms with E-state index in [1.54, 1.807) is 0 Å². The summed E-state index contributed by atoms with van der Waals surface area (Å²) in [5.41, 5.74) is 0. The fraction of sp³-hybridized carbons (Fsp3) is 1.00. The van der Waals surface area contributed by atoms with Crippen LogP contribution in [0.3, 0.4) is 0 Å². The Morgan fingerprint density at radius 1 is 1.25 bits per heavy atom. The van der Waals surface area contributed by atoms with Crippen LogP contribution in [0.5, 0.6) is 0 Å². The minimum atomic E-state index is -3.27. The van der Waals surface area contributed by atoms with Crippen molar-refractivity contribution in [2.24, 2.45) is 5.92 Å². The van der Waals surface area contributed by atoms with E-state index >= 15 is 0 Å². The molecule has 1 aliphatic carbocycles. The Bertz CT molecular complexity index is 320. The molecule has 0 radical (unpaired) electrons. The molecule has 1 saturated carbocycles. The van der Waals surface area contributed by atoms with Crippen molar-refractivity contribution in [3.8, 4) is 0 Å². The molecule has 0 amide bonds. The summed E-state index contributed by atoms with van der Waals surface area (Å²) in [6, 6.07) is 0. The Labute approximate surface area is 96.2 Å². The molecule has 1 atom stereocenters. The van der Waals surface area contributed by atoms with Crippen LogP contribution in [0.25, 0.3) is 0 Å². The lowest BCUT2D eigenvalue weighted by molar-refractivity contribution is 0.0979. The second-order valence-electron chi connectivity index (χ2n) is 4.61. The van der Waals surface area contributed by atoms with Gasteiger partial charge in [-0.1, -0.05) is 0 Å². The highest BCUT2D eigenvalue weighted by atomic mass is 32.2. The molecule has 1 saturated heterocycles. The van der Waals surface area contributed by atoms with Gasteiger partial charge in [-0.15, -0.1) is 0 Å². The van der Waals surface area contributed by atoms with E-state index < -0.39 is 16.1 Å². The fourth-order valence-electron chi connectivity index (χ4n) is 1.95. The first-order valence-electron chi connectivity index (χ1n) is 5.84. The summed E-state index contributed by atoms with van der Waals surface area (Å²) < 4.78 is 31.4. The maximum atomic E-state index is 11.9. The summed E-state index contributed by atoms with van der Waals surface area (Å²) in [5.74, 6) is 0.303. The number of hydrogen-bond donors (Lipinski definition) is 2. The van der Waals surface area contributed by atoms with Gasteiger partial charge in [0.15, 0.2) is 0 Å². The van der Waals surface area contributed by atoms with Crippen molar-refractivity contribution in [3.05, 3.63) is 0 Å². The van der Waals surface area contributed by atoms with Crippen LogP contribution in [0, 0.1) is 5.92 Å². The second kappa shape index (κ2) is 5.00. The highest BCUT2D eigenvalue weighted by molar-refractivity contribution is 7.90. The van der Waals surface area contributed by atoms with Crippen molar-refractivity contribution in [1.82, 2.24) is 4.72 Å². The maximum Gasteiger partial charge on any atom is 0.214 e. The third-order valence-electron chi connectivity index (χ3n) is 3.27. The van der Waals surface area contributed by atoms with E-state index in [4.69, 9.17) is 4.74 Å². The average Bonchev–Trinajstić information content (AvgIpc) is 3.11. The molecular weight excluding hydrogens is 230 g/mol. The minimum Gasteiger partial charge on any atom is -0.391 e. The van der Waals surface area contributed by atoms with Crippen LogP contribution in [0.2, 0.25) is 0 Å². The molecule has 5 nitrogen and oxygen atoms in total. The van der Waals surface area contributed by atoms with Crippen LogP contribution in [-0.4, -0.2) is 44.6 Å². The van der Waals surface area contributed by atoms with Crippen molar-refractivity contribution in [2.75, 3.05) is 19.8 Å². The summed E-state index contributed by atoms with van der Waals surface area (Å²) in [6.45, 7) is 1.18. The molecule has 1 heterocycles. The van der Waals surface area contributed by atoms with Gasteiger partial charge < -0.3 is 9.84 Å². The molecule has 2 N–H and O–H groups in total. The third-order valence-corrected chi connectivity index (χ3v) is 5.19. The van der Waals surface area contributed by atoms with Crippen LogP contribution in [-0.2, 0) is 14.8 Å². The van der Waals surface area contributed by atoms with Crippen LogP contribution < -0.4 is 4.72 Å². The van der Waals surface area contributed by atoms with Crippen molar-refractivity contribution in [2.45, 2.75) is 37.0 Å². The number of hydrogen-bond acceptors (Lipinski definition) is 4. The second-order valence-corrected chi connectivity index (χ2v) is 6.66. The molecule has 0 aromatic rings. The average molecular weight is 249 g/mol. The Morgan fingerprint density at radius 3 is 2.44 bits per heavy atom. The van der Waals surface area contributed by atoms with E-state index in [0.717, 1.165) is 12.8 Å². The van der Waals surface area contributed by atoms with E-state index in [9.17, 15) is 13.5 Å². The monoisotopic (exact) mass is 249 g/mol. The van der Waals surface area contributed by atoms with Gasteiger partial charge in [-0.05, 0) is 31.6 Å². The van der Waals surface area contributed by atoms with Crippen LogP contribution >= 0.6 is 0 Å². The van der Waals surface area contributed by atoms with Crippen LogP contribution in [0.1, 0.15) is 25.7 Å². The lowest BCUT2D eigenvalue weighted by atomic mass is 10.2. The van der Waals surface area contributed by atoms with Gasteiger partial charge in [-0.2, -0.15) is 0 Å². The zero-order chi connectivity index (χ0) is 11.6. The standard InChI is InChI=1S/C10H19NO4S/c12-10(8-1-2-8)7-11-16(13,14)9-3-5-15-6-4-9/h8-12H,1-7H2. The number of rotatable bonds is 5. The quantitative estimate of drug-likeness (QED) is 0.711. The predicted octanol–water partition coefficient (Wildman–Crippen LogP) is -0.144. The predicted molar refractivity (Wildman–Crippen MR) is 59.5 cm³/mol. The number of aliphatic hydroxyl groups is 1. The number of nitrogens with one attached hydrogen (secondary N) is 1. The largest absolute Gasteiger partial charge is 0.391 e. The zero-order valence-corrected chi connectivity index (χ0v) is 10.1. The van der Waals surface area contributed by atoms with Gasteiger partial charge in [0, 0.05) is 19.8 Å². The molecule has 2 aliphatic rings. The van der Waals surface area contributed by atoms with Gasteiger partial charge in [0.2, 0.25) is 10.0 Å². The van der Waals surface area contributed by atoms with Crippen molar-refractivity contribution in [3.63, 3.8) is 0 Å². The maximum absolute atomic E-state index is 11.9. The molecular formula is C10H19NO4S. The van der Waals surface area contributed by atoms with Gasteiger partial charge in [0.25, 0.3) is 0 Å². The van der Waals surface area contributed by atoms with Crippen LogP contribution in [0.15, 0.2) is 0 Å². The lowest BCUT2D eigenvalue weighted by Gasteiger charge is -2.23. The smallest absolute Gasteiger partial charge is 0.214 e. The van der Waals surface area contributed by atoms with Crippen LogP contribution in [0.4, 0.5) is 0 Å². The molecule has 0 aromatic carbocycles. The van der Waals surface area contributed by atoms with E-state index in [0.29, 0.717) is 32.0 Å². The number of aliphatic hydroxyl groups excluding tert-OH is 1. The Balaban J connectivity index is 1.81. The fourth-order valence-corrected chi connectivity index (χ4v) is 3.41. The number of sulfonamides is 1. The van der Waals surface area contributed by atoms with Crippen molar-refractivity contribution in [1.29, 1.82) is 0 Å². The highest BCUT2D eigenvalue weighted by Gasteiger charge is 2.32. The molecule has 0 aromatic heterocycles. The molecule has 94 valence electrons. The highest BCUT2D eigenvalue weighted by Crippen LogP contribution is 2.32. The molecule has 0 spiro atoms. The van der Waals surface area contributed by atoms with Gasteiger partial charge in [-0.25, -0.2) is 13.1 Å². The summed E-state index contributed by atoms with van der Waals surface area (Å²) in [4.78, 5) is 0. The van der Waals surface area contributed by atoms with Crippen molar-refractivity contribution < 1.29 is 18.3 Å². The van der Waals surface area contributed by atoms with Crippen molar-refractivity contribution >= 4 is 10.0 Å². The number of ether oxygens (including phenoxy) is 1. The molecule has 1 unspecified atom stereocenters. The minimum absolute atomic E-state index is 0.157. The Hall–Kier alpha value is -0.170. The summed E-state index contributed by atoms with van der Waals surface area (Å²) in [7, 11) is -3.27. The lowest BCUT2D eigenvalue weighted by Crippen LogP contribution is -2.41. The topological polar surface area (TPSA) is 75.6 Å². The van der Waals surface area contributed by atoms with E-state index in [2.05, 4.69) is 4.72 Å². The first kappa shape index (κ1) is 12.3. The first-order chi connectivity index (χ1) is 7.59. The van der Waals surface area contributed by atoms with Gasteiger partial charge in [0.1, 0.15) is 0 Å². The molecule has 1 aliphatic heterocycles. The summed E-state index contributed by atoms with van der Waals surface area (Å²) in [6.07, 6.45) is 2.61. The zero-order valence-electron chi connectivity index (χ0n) is 9.26. The normalized spacial score (nSPS) is 25.6. The van der Waals surface area contributed by atoms with Gasteiger partial charge >= 0.3 is 0 Å². The summed E-state index contributed by atoms with van der Waals surface area (Å²) >= 11 is 0. The van der Waals surface area contributed by atoms with Gasteiger partial charge in [-0.3, -0.25) is 0 Å². The summed E-state index contributed by atoms with van der Waals surface area (Å²) in [5, 5.41) is 9.24. The van der Waals surface area contributed by atoms with Gasteiger partial charge in [0.05, 0.1) is 11.4 Å². The Kier molecular flexibility index (Phi) is 3.84. The molecule has 16 heavy (non-hydrogen) atoms. The molecule has 2 fully saturated rings. The SMILES string of the molecule is O=S(=O)(NCC(O)C1CC1)C1CCOCC1. The first-order valence-corrected chi connectivity index (χ1v) is 7.38. The van der Waals surface area contributed by atoms with E-state index in [1.807, 2.05) is 0 Å². The molecule has 2 rings (SSSR count). The third kappa shape index (κ3) is 3.16. The van der Waals surface area contributed by atoms with E-state index in [1.165, 1.54) is 0 Å². The Morgan fingerprint density at radius 2 is 1.88 bits per heavy atom. The molecule has 6 heteroatoms.